The Morgan fingerprint density at radius 2 is 1.78 bits per heavy atom. The molecule has 0 amide bonds. The summed E-state index contributed by atoms with van der Waals surface area (Å²) >= 11 is 0. The smallest absolute Gasteiger partial charge is 0.0678 e. The highest BCUT2D eigenvalue weighted by atomic mass is 15.1. The summed E-state index contributed by atoms with van der Waals surface area (Å²) in [6.07, 6.45) is 15.2. The van der Waals surface area contributed by atoms with Gasteiger partial charge in [0.05, 0.1) is 11.9 Å². The van der Waals surface area contributed by atoms with Crippen LogP contribution in [0.5, 0.6) is 0 Å². The molecule has 0 aromatic carbocycles. The molecule has 3 fully saturated rings. The van der Waals surface area contributed by atoms with Crippen LogP contribution in [0.2, 0.25) is 0 Å². The second-order valence-electron chi connectivity index (χ2n) is 8.28. The minimum Gasteiger partial charge on any atom is -0.401 e. The molecule has 27 heavy (non-hydrogen) atoms. The number of hydrogen-bond acceptors (Lipinski definition) is 4. The van der Waals surface area contributed by atoms with Crippen molar-refractivity contribution >= 4 is 6.21 Å². The van der Waals surface area contributed by atoms with Gasteiger partial charge in [-0.3, -0.25) is 4.99 Å². The second-order valence-corrected chi connectivity index (χ2v) is 8.28. The van der Waals surface area contributed by atoms with E-state index in [0.29, 0.717) is 10.8 Å². The van der Waals surface area contributed by atoms with Gasteiger partial charge in [-0.1, -0.05) is 19.2 Å². The first-order valence-electron chi connectivity index (χ1n) is 9.87. The molecule has 0 aromatic rings. The molecule has 0 aromatic heterocycles. The minimum atomic E-state index is 0.388. The van der Waals surface area contributed by atoms with E-state index < -0.39 is 0 Å². The van der Waals surface area contributed by atoms with Crippen LogP contribution in [0.15, 0.2) is 65.9 Å². The van der Waals surface area contributed by atoms with E-state index in [2.05, 4.69) is 36.1 Å². The number of hydrogen-bond donors (Lipinski definition) is 2. The zero-order valence-electron chi connectivity index (χ0n) is 17.4. The fraction of sp³-hybridized carbons (Fsp3) is 0.522. The zero-order valence-corrected chi connectivity index (χ0v) is 17.4. The zero-order chi connectivity index (χ0) is 20.1. The maximum absolute atomic E-state index is 5.83. The van der Waals surface area contributed by atoms with Gasteiger partial charge in [-0.2, -0.15) is 0 Å². The number of nitrogens with two attached hydrogens (primary N) is 1. The van der Waals surface area contributed by atoms with Gasteiger partial charge < -0.3 is 16.0 Å². The van der Waals surface area contributed by atoms with E-state index in [0.717, 1.165) is 29.2 Å². The summed E-state index contributed by atoms with van der Waals surface area (Å²) in [4.78, 5) is 6.21. The first-order valence-corrected chi connectivity index (χ1v) is 9.87. The molecule has 4 heteroatoms. The van der Waals surface area contributed by atoms with Gasteiger partial charge in [-0.25, -0.2) is 0 Å². The third-order valence-electron chi connectivity index (χ3n) is 6.37. The molecular weight excluding hydrogens is 332 g/mol. The summed E-state index contributed by atoms with van der Waals surface area (Å²) in [5, 5.41) is 3.57. The predicted octanol–water partition coefficient (Wildman–Crippen LogP) is 4.86. The normalized spacial score (nSPS) is 28.3. The molecule has 0 saturated heterocycles. The summed E-state index contributed by atoms with van der Waals surface area (Å²) in [6.45, 7) is 17.3. The van der Waals surface area contributed by atoms with Crippen molar-refractivity contribution in [1.29, 1.82) is 0 Å². The Bertz CT molecular complexity index is 652. The Labute approximate surface area is 165 Å². The van der Waals surface area contributed by atoms with Gasteiger partial charge in [-0.05, 0) is 63.2 Å². The van der Waals surface area contributed by atoms with E-state index in [9.17, 15) is 0 Å². The third kappa shape index (κ3) is 4.94. The summed E-state index contributed by atoms with van der Waals surface area (Å²) in [6, 6.07) is 0. The molecule has 3 rings (SSSR count). The quantitative estimate of drug-likeness (QED) is 0.347. The number of nitrogens with one attached hydrogen (secondary N) is 1. The largest absolute Gasteiger partial charge is 0.401 e. The van der Waals surface area contributed by atoms with Crippen molar-refractivity contribution in [3.05, 3.63) is 60.9 Å². The molecular formula is C23H36N4. The van der Waals surface area contributed by atoms with Gasteiger partial charge in [0.1, 0.15) is 0 Å². The molecule has 4 nitrogen and oxygen atoms in total. The summed E-state index contributed by atoms with van der Waals surface area (Å²) in [5.74, 6) is 0. The third-order valence-corrected chi connectivity index (χ3v) is 6.37. The van der Waals surface area contributed by atoms with E-state index in [1.807, 2.05) is 32.0 Å². The first kappa shape index (κ1) is 21.1. The summed E-state index contributed by atoms with van der Waals surface area (Å²) < 4.78 is 0. The average Bonchev–Trinajstić information content (AvgIpc) is 2.67. The molecule has 3 aliphatic carbocycles. The highest BCUT2D eigenvalue weighted by molar-refractivity contribution is 5.55. The molecule has 0 radical (unpaired) electrons. The van der Waals surface area contributed by atoms with E-state index in [1.54, 1.807) is 12.4 Å². The number of likely N-dealkylation sites (N-methyl/N-ethyl adjacent to an activating group) is 1. The molecule has 2 bridgehead atoms. The molecule has 0 heterocycles. The van der Waals surface area contributed by atoms with Crippen molar-refractivity contribution < 1.29 is 0 Å². The highest BCUT2D eigenvalue weighted by Gasteiger charge is 2.46. The molecule has 0 aliphatic heterocycles. The van der Waals surface area contributed by atoms with E-state index >= 15 is 0 Å². The molecule has 0 unspecified atom stereocenters. The van der Waals surface area contributed by atoms with E-state index in [4.69, 9.17) is 5.73 Å². The SMILES string of the molecule is C=CC12CCC(CNC(=C)C(=C)/C(=C\N=CC)N(C)/C=C(\C)N)(CC1)CC2. The van der Waals surface area contributed by atoms with Crippen molar-refractivity contribution in [2.75, 3.05) is 13.6 Å². The van der Waals surface area contributed by atoms with E-state index in [-0.39, 0.29) is 0 Å². The standard InChI is InChI=1S/C23H36N4/c1-7-22-9-12-23(13-10-22,14-11-22)17-26-20(5)19(4)21(15-25-8-2)27(6)16-18(3)24/h7-8,15-16,26H,1,4-5,9-14,17,24H2,2-3,6H3/b18-16+,21-15+,25-8?. The van der Waals surface area contributed by atoms with Crippen LogP contribution in [0.1, 0.15) is 52.4 Å². The van der Waals surface area contributed by atoms with Crippen molar-refractivity contribution in [3.8, 4) is 0 Å². The first-order chi connectivity index (χ1) is 12.8. The Kier molecular flexibility index (Phi) is 6.74. The molecule has 0 atom stereocenters. The van der Waals surface area contributed by atoms with Crippen molar-refractivity contribution in [1.82, 2.24) is 10.2 Å². The summed E-state index contributed by atoms with van der Waals surface area (Å²) in [7, 11) is 1.95. The Balaban J connectivity index is 2.02. The minimum absolute atomic E-state index is 0.388. The molecule has 148 valence electrons. The monoisotopic (exact) mass is 368 g/mol. The van der Waals surface area contributed by atoms with Crippen molar-refractivity contribution in [2.45, 2.75) is 52.4 Å². The van der Waals surface area contributed by atoms with Gasteiger partial charge >= 0.3 is 0 Å². The second kappa shape index (κ2) is 8.64. The van der Waals surface area contributed by atoms with Gasteiger partial charge in [0.2, 0.25) is 0 Å². The Morgan fingerprint density at radius 1 is 1.19 bits per heavy atom. The molecule has 3 aliphatic rings. The number of nitrogens with zero attached hydrogens (tertiary/aromatic N) is 2. The van der Waals surface area contributed by atoms with Crippen LogP contribution in [-0.4, -0.2) is 24.7 Å². The number of rotatable bonds is 9. The predicted molar refractivity (Wildman–Crippen MR) is 117 cm³/mol. The van der Waals surface area contributed by atoms with Crippen LogP contribution >= 0.6 is 0 Å². The lowest BCUT2D eigenvalue weighted by Crippen LogP contribution is -2.45. The van der Waals surface area contributed by atoms with Crippen molar-refractivity contribution in [2.24, 2.45) is 21.6 Å². The van der Waals surface area contributed by atoms with E-state index in [1.165, 1.54) is 38.5 Å². The Morgan fingerprint density at radius 3 is 2.26 bits per heavy atom. The van der Waals surface area contributed by atoms with Gasteiger partial charge in [0, 0.05) is 43.0 Å². The number of allylic oxidation sites excluding steroid dienone is 2. The summed E-state index contributed by atoms with van der Waals surface area (Å²) in [5.41, 5.74) is 9.92. The molecule has 0 spiro atoms. The Hall–Kier alpha value is -2.23. The fourth-order valence-electron chi connectivity index (χ4n) is 4.32. The van der Waals surface area contributed by atoms with Crippen LogP contribution in [-0.2, 0) is 0 Å². The maximum Gasteiger partial charge on any atom is 0.0678 e. The topological polar surface area (TPSA) is 53.7 Å². The van der Waals surface area contributed by atoms with Crippen molar-refractivity contribution in [3.63, 3.8) is 0 Å². The lowest BCUT2D eigenvalue weighted by molar-refractivity contribution is 0.0240. The lowest BCUT2D eigenvalue weighted by Gasteiger charge is -2.52. The average molecular weight is 369 g/mol. The van der Waals surface area contributed by atoms with Gasteiger partial charge in [-0.15, -0.1) is 6.58 Å². The van der Waals surface area contributed by atoms with Crippen LogP contribution in [0.4, 0.5) is 0 Å². The van der Waals surface area contributed by atoms with Crippen LogP contribution in [0.25, 0.3) is 0 Å². The maximum atomic E-state index is 5.83. The molecule has 3 N–H and O–H groups in total. The lowest BCUT2D eigenvalue weighted by atomic mass is 9.54. The molecule has 3 saturated carbocycles. The van der Waals surface area contributed by atoms with Crippen LogP contribution < -0.4 is 11.1 Å². The fourth-order valence-corrected chi connectivity index (χ4v) is 4.32. The van der Waals surface area contributed by atoms with Gasteiger partial charge in [0.15, 0.2) is 0 Å². The van der Waals surface area contributed by atoms with Gasteiger partial charge in [0.25, 0.3) is 0 Å². The highest BCUT2D eigenvalue weighted by Crippen LogP contribution is 2.57. The number of aliphatic imine (C=N–C) groups is 1. The van der Waals surface area contributed by atoms with Crippen LogP contribution in [0, 0.1) is 10.8 Å². The number of fused-ring (bicyclic) bond motifs is 3. The van der Waals surface area contributed by atoms with Crippen LogP contribution in [0.3, 0.4) is 0 Å².